The van der Waals surface area contributed by atoms with Gasteiger partial charge >= 0.3 is 0 Å². The first-order valence-corrected chi connectivity index (χ1v) is 7.46. The second-order valence-corrected chi connectivity index (χ2v) is 5.41. The van der Waals surface area contributed by atoms with Gasteiger partial charge in [0.1, 0.15) is 11.5 Å². The minimum atomic E-state index is 0.185. The van der Waals surface area contributed by atoms with Crippen molar-refractivity contribution in [2.24, 2.45) is 0 Å². The number of rotatable bonds is 5. The fourth-order valence-electron chi connectivity index (χ4n) is 2.03. The van der Waals surface area contributed by atoms with Crippen LogP contribution in [-0.2, 0) is 6.42 Å². The molecule has 116 valence electrons. The van der Waals surface area contributed by atoms with Gasteiger partial charge in [-0.05, 0) is 61.0 Å². The Morgan fingerprint density at radius 3 is 2.59 bits per heavy atom. The fourth-order valence-corrected chi connectivity index (χ4v) is 2.24. The van der Waals surface area contributed by atoms with Crippen LogP contribution in [0.4, 0.5) is 5.69 Å². The minimum absolute atomic E-state index is 0.185. The molecule has 0 heterocycles. The van der Waals surface area contributed by atoms with E-state index in [1.54, 1.807) is 13.2 Å². The maximum Gasteiger partial charge on any atom is 0.170 e. The molecule has 0 aromatic heterocycles. The molecule has 0 aliphatic carbocycles. The molecule has 0 amide bonds. The summed E-state index contributed by atoms with van der Waals surface area (Å²) in [6.45, 7) is 2.68. The smallest absolute Gasteiger partial charge is 0.170 e. The molecule has 4 nitrogen and oxygen atoms in total. The second kappa shape index (κ2) is 7.66. The number of phenolic OH excluding ortho intramolecular Hbond substituents is 1. The highest BCUT2D eigenvalue weighted by Gasteiger charge is 2.03. The molecule has 0 radical (unpaired) electrons. The highest BCUT2D eigenvalue weighted by atomic mass is 32.1. The summed E-state index contributed by atoms with van der Waals surface area (Å²) in [4.78, 5) is 0. The standard InChI is InChI=1S/C17H20N2O2S/c1-12-3-8-16(20)15(11-12)19-17(22)18-10-9-13-4-6-14(21-2)7-5-13/h3-8,11,20H,9-10H2,1-2H3,(H2,18,19,22). The minimum Gasteiger partial charge on any atom is -0.506 e. The normalized spacial score (nSPS) is 10.1. The van der Waals surface area contributed by atoms with Gasteiger partial charge in [0, 0.05) is 6.54 Å². The van der Waals surface area contributed by atoms with Crippen molar-refractivity contribution in [3.63, 3.8) is 0 Å². The van der Waals surface area contributed by atoms with Gasteiger partial charge in [0.05, 0.1) is 12.8 Å². The third-order valence-electron chi connectivity index (χ3n) is 3.26. The molecular formula is C17H20N2O2S. The van der Waals surface area contributed by atoms with E-state index in [1.165, 1.54) is 5.56 Å². The van der Waals surface area contributed by atoms with E-state index in [0.717, 1.165) is 17.7 Å². The van der Waals surface area contributed by atoms with E-state index < -0.39 is 0 Å². The molecule has 5 heteroatoms. The number of aryl methyl sites for hydroxylation is 1. The third kappa shape index (κ3) is 4.63. The molecule has 2 aromatic rings. The number of hydrogen-bond acceptors (Lipinski definition) is 3. The number of aromatic hydroxyl groups is 1. The Balaban J connectivity index is 1.81. The van der Waals surface area contributed by atoms with E-state index >= 15 is 0 Å². The van der Waals surface area contributed by atoms with Crippen LogP contribution in [0.15, 0.2) is 42.5 Å². The van der Waals surface area contributed by atoms with Crippen molar-refractivity contribution in [1.29, 1.82) is 0 Å². The Morgan fingerprint density at radius 2 is 1.91 bits per heavy atom. The number of hydrogen-bond donors (Lipinski definition) is 3. The molecule has 0 unspecified atom stereocenters. The van der Waals surface area contributed by atoms with Gasteiger partial charge in [-0.3, -0.25) is 0 Å². The summed E-state index contributed by atoms with van der Waals surface area (Å²) in [5.41, 5.74) is 2.87. The maximum atomic E-state index is 9.77. The van der Waals surface area contributed by atoms with Gasteiger partial charge < -0.3 is 20.5 Å². The van der Waals surface area contributed by atoms with Crippen molar-refractivity contribution in [2.75, 3.05) is 19.0 Å². The molecule has 0 atom stereocenters. The van der Waals surface area contributed by atoms with Gasteiger partial charge in [0.25, 0.3) is 0 Å². The summed E-state index contributed by atoms with van der Waals surface area (Å²) >= 11 is 5.24. The van der Waals surface area contributed by atoms with Gasteiger partial charge in [-0.1, -0.05) is 18.2 Å². The monoisotopic (exact) mass is 316 g/mol. The predicted molar refractivity (Wildman–Crippen MR) is 93.8 cm³/mol. The molecule has 0 saturated carbocycles. The molecule has 0 aliphatic rings. The Labute approximate surface area is 136 Å². The molecule has 3 N–H and O–H groups in total. The van der Waals surface area contributed by atoms with Crippen LogP contribution in [0.25, 0.3) is 0 Å². The number of methoxy groups -OCH3 is 1. The van der Waals surface area contributed by atoms with Gasteiger partial charge in [-0.15, -0.1) is 0 Å². The van der Waals surface area contributed by atoms with Crippen LogP contribution in [0.3, 0.4) is 0 Å². The largest absolute Gasteiger partial charge is 0.506 e. The van der Waals surface area contributed by atoms with Crippen LogP contribution in [0, 0.1) is 6.92 Å². The summed E-state index contributed by atoms with van der Waals surface area (Å²) in [6.07, 6.45) is 0.853. The first-order valence-electron chi connectivity index (χ1n) is 7.06. The average Bonchev–Trinajstić information content (AvgIpc) is 2.51. The molecule has 0 fully saturated rings. The Hall–Kier alpha value is -2.27. The lowest BCUT2D eigenvalue weighted by Crippen LogP contribution is -2.30. The first-order chi connectivity index (χ1) is 10.6. The van der Waals surface area contributed by atoms with Crippen LogP contribution in [0.1, 0.15) is 11.1 Å². The molecule has 0 bridgehead atoms. The van der Waals surface area contributed by atoms with E-state index in [9.17, 15) is 5.11 Å². The molecule has 0 aliphatic heterocycles. The quantitative estimate of drug-likeness (QED) is 0.584. The summed E-state index contributed by atoms with van der Waals surface area (Å²) in [5.74, 6) is 1.04. The highest BCUT2D eigenvalue weighted by molar-refractivity contribution is 7.80. The van der Waals surface area contributed by atoms with Crippen molar-refractivity contribution >= 4 is 23.0 Å². The van der Waals surface area contributed by atoms with Gasteiger partial charge in [0.2, 0.25) is 0 Å². The highest BCUT2D eigenvalue weighted by Crippen LogP contribution is 2.23. The van der Waals surface area contributed by atoms with Crippen LogP contribution in [0.5, 0.6) is 11.5 Å². The zero-order chi connectivity index (χ0) is 15.9. The zero-order valence-electron chi connectivity index (χ0n) is 12.7. The third-order valence-corrected chi connectivity index (χ3v) is 3.50. The number of benzene rings is 2. The molecule has 22 heavy (non-hydrogen) atoms. The average molecular weight is 316 g/mol. The van der Waals surface area contributed by atoms with Gasteiger partial charge in [-0.25, -0.2) is 0 Å². The van der Waals surface area contributed by atoms with Gasteiger partial charge in [-0.2, -0.15) is 0 Å². The van der Waals surface area contributed by atoms with Crippen molar-refractivity contribution in [1.82, 2.24) is 5.32 Å². The van der Waals surface area contributed by atoms with Gasteiger partial charge in [0.15, 0.2) is 5.11 Å². The lowest BCUT2D eigenvalue weighted by molar-refractivity contribution is 0.414. The predicted octanol–water partition coefficient (Wildman–Crippen LogP) is 3.24. The first kappa shape index (κ1) is 16.1. The van der Waals surface area contributed by atoms with E-state index in [1.807, 2.05) is 43.3 Å². The summed E-state index contributed by atoms with van der Waals surface area (Å²) in [7, 11) is 1.65. The molecule has 2 rings (SSSR count). The molecule has 2 aromatic carbocycles. The lowest BCUT2D eigenvalue weighted by atomic mass is 10.1. The Morgan fingerprint density at radius 1 is 1.18 bits per heavy atom. The van der Waals surface area contributed by atoms with Crippen molar-refractivity contribution < 1.29 is 9.84 Å². The zero-order valence-corrected chi connectivity index (χ0v) is 13.5. The fraction of sp³-hybridized carbons (Fsp3) is 0.235. The SMILES string of the molecule is COc1ccc(CCNC(=S)Nc2cc(C)ccc2O)cc1. The Kier molecular flexibility index (Phi) is 5.61. The lowest BCUT2D eigenvalue weighted by Gasteiger charge is -2.12. The number of thiocarbonyl (C=S) groups is 1. The number of ether oxygens (including phenoxy) is 1. The van der Waals surface area contributed by atoms with Crippen LogP contribution < -0.4 is 15.4 Å². The number of anilines is 1. The van der Waals surface area contributed by atoms with Crippen molar-refractivity contribution in [3.8, 4) is 11.5 Å². The Bertz CT molecular complexity index is 642. The molecule has 0 spiro atoms. The summed E-state index contributed by atoms with van der Waals surface area (Å²) < 4.78 is 5.13. The van der Waals surface area contributed by atoms with Crippen molar-refractivity contribution in [2.45, 2.75) is 13.3 Å². The second-order valence-electron chi connectivity index (χ2n) is 5.00. The van der Waals surface area contributed by atoms with E-state index in [4.69, 9.17) is 17.0 Å². The van der Waals surface area contributed by atoms with E-state index in [2.05, 4.69) is 10.6 Å². The number of phenols is 1. The topological polar surface area (TPSA) is 53.5 Å². The molecular weight excluding hydrogens is 296 g/mol. The maximum absolute atomic E-state index is 9.77. The number of nitrogens with one attached hydrogen (secondary N) is 2. The van der Waals surface area contributed by atoms with Crippen LogP contribution >= 0.6 is 12.2 Å². The molecule has 0 saturated heterocycles. The van der Waals surface area contributed by atoms with E-state index in [0.29, 0.717) is 17.3 Å². The van der Waals surface area contributed by atoms with Crippen LogP contribution in [-0.4, -0.2) is 23.9 Å². The van der Waals surface area contributed by atoms with E-state index in [-0.39, 0.29) is 5.75 Å². The summed E-state index contributed by atoms with van der Waals surface area (Å²) in [5, 5.41) is 16.4. The van der Waals surface area contributed by atoms with Crippen molar-refractivity contribution in [3.05, 3.63) is 53.6 Å². The summed E-state index contributed by atoms with van der Waals surface area (Å²) in [6, 6.07) is 13.3. The van der Waals surface area contributed by atoms with Crippen LogP contribution in [0.2, 0.25) is 0 Å².